The maximum Gasteiger partial charge on any atom is 0.253 e. The number of nitrogen functional groups attached to an aromatic ring is 1. The molecule has 0 saturated carbocycles. The van der Waals surface area contributed by atoms with E-state index in [9.17, 15) is 9.59 Å². The lowest BCUT2D eigenvalue weighted by atomic mass is 10.1. The van der Waals surface area contributed by atoms with Gasteiger partial charge in [0.25, 0.3) is 5.91 Å². The van der Waals surface area contributed by atoms with Gasteiger partial charge in [-0.25, -0.2) is 0 Å². The fraction of sp³-hybridized carbons (Fsp3) is 0.429. The van der Waals surface area contributed by atoms with Gasteiger partial charge in [0.2, 0.25) is 5.91 Å². The van der Waals surface area contributed by atoms with Crippen molar-refractivity contribution in [1.29, 1.82) is 0 Å². The zero-order valence-corrected chi connectivity index (χ0v) is 12.2. The molecule has 0 radical (unpaired) electrons. The van der Waals surface area contributed by atoms with Gasteiger partial charge >= 0.3 is 0 Å². The van der Waals surface area contributed by atoms with Gasteiger partial charge in [0.15, 0.2) is 0 Å². The third-order valence-electron chi connectivity index (χ3n) is 2.43. The molecule has 0 unspecified atom stereocenters. The summed E-state index contributed by atoms with van der Waals surface area (Å²) in [6.45, 7) is 5.50. The Labute approximate surface area is 118 Å². The van der Waals surface area contributed by atoms with Crippen molar-refractivity contribution in [2.45, 2.75) is 26.3 Å². The second-order valence-electron chi connectivity index (χ2n) is 5.43. The highest BCUT2D eigenvalue weighted by Gasteiger charge is 2.16. The second-order valence-corrected chi connectivity index (χ2v) is 5.43. The minimum Gasteiger partial charge on any atom is -0.497 e. The third-order valence-corrected chi connectivity index (χ3v) is 2.43. The monoisotopic (exact) mass is 279 g/mol. The molecule has 0 aliphatic carbocycles. The largest absolute Gasteiger partial charge is 0.497 e. The van der Waals surface area contributed by atoms with E-state index in [0.717, 1.165) is 0 Å². The van der Waals surface area contributed by atoms with E-state index in [2.05, 4.69) is 10.6 Å². The smallest absolute Gasteiger partial charge is 0.253 e. The van der Waals surface area contributed by atoms with Crippen LogP contribution < -0.4 is 21.1 Å². The van der Waals surface area contributed by atoms with Crippen molar-refractivity contribution in [3.8, 4) is 5.75 Å². The zero-order valence-electron chi connectivity index (χ0n) is 12.2. The van der Waals surface area contributed by atoms with Crippen molar-refractivity contribution < 1.29 is 14.3 Å². The zero-order chi connectivity index (χ0) is 15.3. The molecule has 0 fully saturated rings. The lowest BCUT2D eigenvalue weighted by molar-refractivity contribution is -0.121. The minimum absolute atomic E-state index is 0.104. The molecule has 0 aliphatic rings. The van der Waals surface area contributed by atoms with E-state index in [-0.39, 0.29) is 23.6 Å². The van der Waals surface area contributed by atoms with E-state index in [4.69, 9.17) is 10.5 Å². The number of carbonyl (C=O) groups is 2. The van der Waals surface area contributed by atoms with Gasteiger partial charge in [-0.15, -0.1) is 0 Å². The second kappa shape index (κ2) is 6.27. The Morgan fingerprint density at radius 3 is 2.50 bits per heavy atom. The van der Waals surface area contributed by atoms with Crippen LogP contribution in [0, 0.1) is 0 Å². The molecule has 0 aliphatic heterocycles. The number of benzene rings is 1. The van der Waals surface area contributed by atoms with Gasteiger partial charge in [-0.05, 0) is 39.0 Å². The van der Waals surface area contributed by atoms with Gasteiger partial charge in [0, 0.05) is 11.2 Å². The highest BCUT2D eigenvalue weighted by atomic mass is 16.5. The Bertz CT molecular complexity index is 507. The van der Waals surface area contributed by atoms with Crippen molar-refractivity contribution in [2.75, 3.05) is 19.4 Å². The fourth-order valence-corrected chi connectivity index (χ4v) is 1.58. The molecule has 6 nitrogen and oxygen atoms in total. The molecule has 1 rings (SSSR count). The molecule has 1 aromatic carbocycles. The number of carbonyl (C=O) groups excluding carboxylic acids is 2. The van der Waals surface area contributed by atoms with Crippen molar-refractivity contribution in [3.05, 3.63) is 23.8 Å². The van der Waals surface area contributed by atoms with Gasteiger partial charge in [-0.3, -0.25) is 9.59 Å². The van der Waals surface area contributed by atoms with Crippen LogP contribution in [0.25, 0.3) is 0 Å². The first-order valence-corrected chi connectivity index (χ1v) is 6.25. The first-order chi connectivity index (χ1) is 9.23. The van der Waals surface area contributed by atoms with Crippen molar-refractivity contribution in [1.82, 2.24) is 10.6 Å². The highest BCUT2D eigenvalue weighted by Crippen LogP contribution is 2.19. The SMILES string of the molecule is COc1ccc(N)c(C(=O)NCC(=O)NC(C)(C)C)c1. The maximum absolute atomic E-state index is 12.0. The average molecular weight is 279 g/mol. The summed E-state index contributed by atoms with van der Waals surface area (Å²) >= 11 is 0. The normalized spacial score (nSPS) is 10.8. The van der Waals surface area contributed by atoms with E-state index >= 15 is 0 Å². The maximum atomic E-state index is 12.0. The van der Waals surface area contributed by atoms with Gasteiger partial charge in [-0.2, -0.15) is 0 Å². The average Bonchev–Trinajstić information content (AvgIpc) is 2.34. The summed E-state index contributed by atoms with van der Waals surface area (Å²) in [5.74, 6) is -0.138. The van der Waals surface area contributed by atoms with Gasteiger partial charge in [-0.1, -0.05) is 0 Å². The number of hydrogen-bond acceptors (Lipinski definition) is 4. The van der Waals surface area contributed by atoms with Gasteiger partial charge in [0.05, 0.1) is 19.2 Å². The molecule has 110 valence electrons. The molecule has 6 heteroatoms. The number of amides is 2. The van der Waals surface area contributed by atoms with Crippen LogP contribution in [-0.2, 0) is 4.79 Å². The standard InChI is InChI=1S/C14H21N3O3/c1-14(2,3)17-12(18)8-16-13(19)10-7-9(20-4)5-6-11(10)15/h5-7H,8,15H2,1-4H3,(H,16,19)(H,17,18). The molecule has 2 amide bonds. The predicted octanol–water partition coefficient (Wildman–Crippen LogP) is 0.922. The third kappa shape index (κ3) is 4.79. The van der Waals surface area contributed by atoms with Crippen LogP contribution in [0.3, 0.4) is 0 Å². The van der Waals surface area contributed by atoms with Crippen molar-refractivity contribution >= 4 is 17.5 Å². The number of ether oxygens (including phenoxy) is 1. The van der Waals surface area contributed by atoms with Crippen molar-refractivity contribution in [2.24, 2.45) is 0 Å². The van der Waals surface area contributed by atoms with E-state index in [1.807, 2.05) is 20.8 Å². The van der Waals surface area contributed by atoms with Crippen molar-refractivity contribution in [3.63, 3.8) is 0 Å². The van der Waals surface area contributed by atoms with E-state index in [0.29, 0.717) is 11.4 Å². The topological polar surface area (TPSA) is 93.4 Å². The molecule has 0 atom stereocenters. The number of anilines is 1. The molecular formula is C14H21N3O3. The molecule has 20 heavy (non-hydrogen) atoms. The summed E-state index contributed by atoms with van der Waals surface area (Å²) in [7, 11) is 1.50. The molecule has 0 bridgehead atoms. The van der Waals surface area contributed by atoms with Crippen LogP contribution in [0.4, 0.5) is 5.69 Å². The summed E-state index contributed by atoms with van der Waals surface area (Å²) in [6.07, 6.45) is 0. The molecule has 0 saturated heterocycles. The van der Waals surface area contributed by atoms with Crippen LogP contribution >= 0.6 is 0 Å². The summed E-state index contributed by atoms with van der Waals surface area (Å²) in [5.41, 5.74) is 6.02. The summed E-state index contributed by atoms with van der Waals surface area (Å²) in [5, 5.41) is 5.28. The summed E-state index contributed by atoms with van der Waals surface area (Å²) < 4.78 is 5.04. The van der Waals surface area contributed by atoms with Crippen LogP contribution in [0.5, 0.6) is 5.75 Å². The van der Waals surface area contributed by atoms with E-state index < -0.39 is 5.91 Å². The fourth-order valence-electron chi connectivity index (χ4n) is 1.58. The number of nitrogens with two attached hydrogens (primary N) is 1. The number of hydrogen-bond donors (Lipinski definition) is 3. The van der Waals surface area contributed by atoms with Crippen LogP contribution in [0.1, 0.15) is 31.1 Å². The Morgan fingerprint density at radius 1 is 1.30 bits per heavy atom. The molecule has 1 aromatic rings. The van der Waals surface area contributed by atoms with E-state index in [1.54, 1.807) is 12.1 Å². The molecule has 0 heterocycles. The number of nitrogens with one attached hydrogen (secondary N) is 2. The molecule has 0 spiro atoms. The van der Waals surface area contributed by atoms with Crippen LogP contribution in [-0.4, -0.2) is 31.0 Å². The quantitative estimate of drug-likeness (QED) is 0.714. The first-order valence-electron chi connectivity index (χ1n) is 6.25. The van der Waals surface area contributed by atoms with Crippen LogP contribution in [0.2, 0.25) is 0 Å². The predicted molar refractivity (Wildman–Crippen MR) is 77.6 cm³/mol. The summed E-state index contributed by atoms with van der Waals surface area (Å²) in [4.78, 5) is 23.6. The minimum atomic E-state index is -0.412. The molecule has 0 aromatic heterocycles. The Kier molecular flexibility index (Phi) is 4.96. The van der Waals surface area contributed by atoms with Crippen LogP contribution in [0.15, 0.2) is 18.2 Å². The number of methoxy groups -OCH3 is 1. The number of rotatable bonds is 4. The molecular weight excluding hydrogens is 258 g/mol. The summed E-state index contributed by atoms with van der Waals surface area (Å²) in [6, 6.07) is 4.79. The highest BCUT2D eigenvalue weighted by molar-refractivity contribution is 6.01. The van der Waals surface area contributed by atoms with Gasteiger partial charge < -0.3 is 21.1 Å². The first kappa shape index (κ1) is 15.8. The Balaban J connectivity index is 2.66. The molecule has 4 N–H and O–H groups in total. The van der Waals surface area contributed by atoms with E-state index in [1.165, 1.54) is 13.2 Å². The Morgan fingerprint density at radius 2 is 1.95 bits per heavy atom. The lowest BCUT2D eigenvalue weighted by Crippen LogP contribution is -2.45. The lowest BCUT2D eigenvalue weighted by Gasteiger charge is -2.20. The Hall–Kier alpha value is -2.24. The van der Waals surface area contributed by atoms with Gasteiger partial charge in [0.1, 0.15) is 5.75 Å².